The van der Waals surface area contributed by atoms with Crippen LogP contribution in [0, 0.1) is 0 Å². The Kier molecular flexibility index (Phi) is 8.09. The van der Waals surface area contributed by atoms with Gasteiger partial charge < -0.3 is 24.6 Å². The first-order valence-electron chi connectivity index (χ1n) is 11.1. The van der Waals surface area contributed by atoms with E-state index in [2.05, 4.69) is 20.0 Å². The van der Waals surface area contributed by atoms with Gasteiger partial charge in [-0.15, -0.1) is 11.3 Å². The van der Waals surface area contributed by atoms with Gasteiger partial charge in [-0.05, 0) is 29.8 Å². The summed E-state index contributed by atoms with van der Waals surface area (Å²) in [7, 11) is 3.27. The lowest BCUT2D eigenvalue weighted by molar-refractivity contribution is 0.0989. The summed E-state index contributed by atoms with van der Waals surface area (Å²) in [6, 6.07) is 11.5. The first kappa shape index (κ1) is 24.8. The second-order valence-electron chi connectivity index (χ2n) is 7.80. The van der Waals surface area contributed by atoms with Crippen molar-refractivity contribution in [3.8, 4) is 5.75 Å². The second-order valence-corrected chi connectivity index (χ2v) is 9.55. The van der Waals surface area contributed by atoms with Crippen molar-refractivity contribution in [2.75, 3.05) is 49.8 Å². The van der Waals surface area contributed by atoms with Gasteiger partial charge in [-0.1, -0.05) is 23.9 Å². The van der Waals surface area contributed by atoms with Crippen LogP contribution in [0.4, 0.5) is 16.3 Å². The maximum Gasteiger partial charge on any atom is 0.406 e. The van der Waals surface area contributed by atoms with Gasteiger partial charge in [0, 0.05) is 55.9 Å². The molecule has 1 unspecified atom stereocenters. The van der Waals surface area contributed by atoms with Gasteiger partial charge in [0.05, 0.1) is 7.11 Å². The number of carbonyl (C=O) groups excluding carboxylic acids is 2. The minimum atomic E-state index is -0.476. The third-order valence-electron chi connectivity index (χ3n) is 5.55. The Hall–Kier alpha value is -3.31. The lowest BCUT2D eigenvalue weighted by Crippen LogP contribution is -2.33. The zero-order chi connectivity index (χ0) is 24.8. The molecular formula is C24H27N5O4S2. The van der Waals surface area contributed by atoms with Crippen molar-refractivity contribution < 1.29 is 19.1 Å². The van der Waals surface area contributed by atoms with E-state index in [9.17, 15) is 9.59 Å². The largest absolute Gasteiger partial charge is 0.485 e. The summed E-state index contributed by atoms with van der Waals surface area (Å²) in [5.41, 5.74) is 1.21. The van der Waals surface area contributed by atoms with E-state index in [0.717, 1.165) is 10.6 Å². The lowest BCUT2D eigenvalue weighted by atomic mass is 10.2. The molecule has 0 saturated heterocycles. The predicted molar refractivity (Wildman–Crippen MR) is 138 cm³/mol. The molecule has 1 N–H and O–H groups in total. The van der Waals surface area contributed by atoms with Crippen LogP contribution in [0.25, 0.3) is 0 Å². The highest BCUT2D eigenvalue weighted by atomic mass is 32.2. The van der Waals surface area contributed by atoms with E-state index in [0.29, 0.717) is 48.3 Å². The van der Waals surface area contributed by atoms with Gasteiger partial charge in [-0.2, -0.15) is 0 Å². The number of hydrogen-bond acceptors (Lipinski definition) is 9. The number of rotatable bonds is 8. The maximum atomic E-state index is 13.5. The average molecular weight is 514 g/mol. The Labute approximate surface area is 212 Å². The Balaban J connectivity index is 1.55. The number of hydrogen-bond donors (Lipinski definition) is 1. The molecular weight excluding hydrogens is 486 g/mol. The number of amides is 2. The molecule has 4 rings (SSSR count). The first-order valence-corrected chi connectivity index (χ1v) is 13.2. The number of anilines is 2. The van der Waals surface area contributed by atoms with Crippen molar-refractivity contribution in [3.05, 3.63) is 58.4 Å². The maximum absolute atomic E-state index is 13.5. The number of carbonyl (C=O) groups is 2. The summed E-state index contributed by atoms with van der Waals surface area (Å²) in [5.74, 6) is 1.13. The van der Waals surface area contributed by atoms with E-state index in [4.69, 9.17) is 4.74 Å². The minimum absolute atomic E-state index is 0.147. The summed E-state index contributed by atoms with van der Waals surface area (Å²) in [6.07, 6.45) is 3.35. The zero-order valence-electron chi connectivity index (χ0n) is 19.8. The summed E-state index contributed by atoms with van der Waals surface area (Å²) in [4.78, 5) is 38.5. The van der Waals surface area contributed by atoms with Crippen molar-refractivity contribution in [3.63, 3.8) is 0 Å². The van der Waals surface area contributed by atoms with Crippen LogP contribution in [-0.4, -0.2) is 62.0 Å². The van der Waals surface area contributed by atoms with Gasteiger partial charge >= 0.3 is 6.09 Å². The van der Waals surface area contributed by atoms with Gasteiger partial charge in [0.1, 0.15) is 23.2 Å². The van der Waals surface area contributed by atoms with Crippen molar-refractivity contribution >= 4 is 46.6 Å². The molecule has 0 saturated carbocycles. The van der Waals surface area contributed by atoms with E-state index in [-0.39, 0.29) is 12.0 Å². The molecule has 0 aliphatic carbocycles. The van der Waals surface area contributed by atoms with Crippen LogP contribution in [0.2, 0.25) is 0 Å². The fourth-order valence-corrected chi connectivity index (χ4v) is 4.87. The summed E-state index contributed by atoms with van der Waals surface area (Å²) >= 11 is 3.04. The standard InChI is InChI=1S/C24H27N5O4S2/c1-28-11-12-29(22(30)18-15-26-23(34-3)27-21(18)28)16-6-4-7-17(14-16)33-19(20-8-5-13-35-20)9-10-25-24(31)32-2/h4-8,13-15,19H,9-12H2,1-3H3,(H,25,31). The number of fused-ring (bicyclic) bond motifs is 1. The van der Waals surface area contributed by atoms with Crippen LogP contribution < -0.4 is 19.9 Å². The molecule has 3 aromatic rings. The number of alkyl carbamates (subject to hydrolysis) is 1. The molecule has 1 aliphatic rings. The van der Waals surface area contributed by atoms with E-state index in [1.807, 2.05) is 60.0 Å². The monoisotopic (exact) mass is 513 g/mol. The molecule has 1 aliphatic heterocycles. The van der Waals surface area contributed by atoms with Crippen LogP contribution in [0.1, 0.15) is 27.8 Å². The third kappa shape index (κ3) is 5.85. The van der Waals surface area contributed by atoms with E-state index in [1.165, 1.54) is 18.9 Å². The van der Waals surface area contributed by atoms with Gasteiger partial charge in [0.25, 0.3) is 5.91 Å². The molecule has 3 heterocycles. The van der Waals surface area contributed by atoms with E-state index >= 15 is 0 Å². The zero-order valence-corrected chi connectivity index (χ0v) is 21.4. The fraction of sp³-hybridized carbons (Fsp3) is 0.333. The van der Waals surface area contributed by atoms with Crippen molar-refractivity contribution in [2.45, 2.75) is 17.7 Å². The molecule has 1 atom stereocenters. The Morgan fingerprint density at radius 2 is 2.14 bits per heavy atom. The average Bonchev–Trinajstić information content (AvgIpc) is 3.39. The van der Waals surface area contributed by atoms with Gasteiger partial charge in [-0.3, -0.25) is 4.79 Å². The summed E-state index contributed by atoms with van der Waals surface area (Å²) in [5, 5.41) is 5.32. The van der Waals surface area contributed by atoms with Crippen LogP contribution in [-0.2, 0) is 4.74 Å². The fourth-order valence-electron chi connectivity index (χ4n) is 3.75. The Morgan fingerprint density at radius 3 is 2.89 bits per heavy atom. The SMILES string of the molecule is COC(=O)NCCC(Oc1cccc(N2CCN(C)c3nc(SC)ncc3C2=O)c1)c1cccs1. The van der Waals surface area contributed by atoms with E-state index in [1.54, 1.807) is 22.4 Å². The number of aromatic nitrogens is 2. The molecule has 184 valence electrons. The molecule has 9 nitrogen and oxygen atoms in total. The summed E-state index contributed by atoms with van der Waals surface area (Å²) in [6.45, 7) is 1.54. The highest BCUT2D eigenvalue weighted by molar-refractivity contribution is 7.98. The highest BCUT2D eigenvalue weighted by Gasteiger charge is 2.28. The van der Waals surface area contributed by atoms with E-state index < -0.39 is 6.09 Å². The lowest BCUT2D eigenvalue weighted by Gasteiger charge is -2.23. The van der Waals surface area contributed by atoms with Crippen LogP contribution in [0.15, 0.2) is 53.1 Å². The van der Waals surface area contributed by atoms with Gasteiger partial charge in [-0.25, -0.2) is 14.8 Å². The molecule has 0 radical (unpaired) electrons. The Morgan fingerprint density at radius 1 is 1.29 bits per heavy atom. The number of likely N-dealkylation sites (N-methyl/N-ethyl adjacent to an activating group) is 1. The molecule has 0 bridgehead atoms. The van der Waals surface area contributed by atoms with Gasteiger partial charge in [0.15, 0.2) is 5.16 Å². The summed E-state index contributed by atoms with van der Waals surface area (Å²) < 4.78 is 11.0. The molecule has 0 fully saturated rings. The molecule has 1 aromatic carbocycles. The third-order valence-corrected chi connectivity index (χ3v) is 7.08. The van der Waals surface area contributed by atoms with Crippen molar-refractivity contribution in [1.82, 2.24) is 15.3 Å². The quantitative estimate of drug-likeness (QED) is 0.353. The Bertz CT molecular complexity index is 1170. The number of benzene rings is 1. The number of thiophene rings is 1. The molecule has 11 heteroatoms. The highest BCUT2D eigenvalue weighted by Crippen LogP contribution is 2.32. The number of nitrogens with zero attached hydrogens (tertiary/aromatic N) is 4. The topological polar surface area (TPSA) is 96.9 Å². The van der Waals surface area contributed by atoms with Crippen molar-refractivity contribution in [2.24, 2.45) is 0 Å². The minimum Gasteiger partial charge on any atom is -0.485 e. The second kappa shape index (κ2) is 11.4. The number of nitrogens with one attached hydrogen (secondary N) is 1. The smallest absolute Gasteiger partial charge is 0.406 e. The molecule has 2 amide bonds. The van der Waals surface area contributed by atoms with Crippen LogP contribution >= 0.6 is 23.1 Å². The molecule has 35 heavy (non-hydrogen) atoms. The number of thioether (sulfide) groups is 1. The molecule has 2 aromatic heterocycles. The predicted octanol–water partition coefficient (Wildman–Crippen LogP) is 4.22. The van der Waals surface area contributed by atoms with Crippen LogP contribution in [0.5, 0.6) is 5.75 Å². The van der Waals surface area contributed by atoms with Gasteiger partial charge in [0.2, 0.25) is 0 Å². The first-order chi connectivity index (χ1) is 17.0. The normalized spacial score (nSPS) is 14.2. The number of methoxy groups -OCH3 is 1. The molecule has 0 spiro atoms. The number of ether oxygens (including phenoxy) is 2. The van der Waals surface area contributed by atoms with Crippen molar-refractivity contribution in [1.29, 1.82) is 0 Å². The van der Waals surface area contributed by atoms with Crippen LogP contribution in [0.3, 0.4) is 0 Å².